The van der Waals surface area contributed by atoms with Gasteiger partial charge in [0.05, 0.1) is 0 Å². The summed E-state index contributed by atoms with van der Waals surface area (Å²) >= 11 is 0. The monoisotopic (exact) mass is 284 g/mol. The fourth-order valence-corrected chi connectivity index (χ4v) is 1.46. The predicted molar refractivity (Wildman–Crippen MR) is 55.9 cm³/mol. The maximum atomic E-state index is 13.4. The van der Waals surface area contributed by atoms with Crippen molar-refractivity contribution in [2.75, 3.05) is 0 Å². The van der Waals surface area contributed by atoms with E-state index in [4.69, 9.17) is 0 Å². The number of hydrogen-bond acceptors (Lipinski definition) is 1. The number of carbonyl (C=O) groups is 1. The first kappa shape index (κ1) is 15.5. The van der Waals surface area contributed by atoms with Crippen molar-refractivity contribution in [1.29, 1.82) is 0 Å². The molecule has 0 aliphatic heterocycles. The van der Waals surface area contributed by atoms with Gasteiger partial charge in [-0.25, -0.2) is 4.39 Å². The van der Waals surface area contributed by atoms with Crippen molar-refractivity contribution >= 4 is 5.78 Å². The van der Waals surface area contributed by atoms with Gasteiger partial charge in [0.25, 0.3) is 6.17 Å². The third-order valence-electron chi connectivity index (χ3n) is 2.50. The highest BCUT2D eigenvalue weighted by Crippen LogP contribution is 2.42. The summed E-state index contributed by atoms with van der Waals surface area (Å²) in [6.07, 6.45) is -9.98. The van der Waals surface area contributed by atoms with Crippen molar-refractivity contribution in [2.45, 2.75) is 31.6 Å². The van der Waals surface area contributed by atoms with Gasteiger partial charge in [0.1, 0.15) is 0 Å². The van der Waals surface area contributed by atoms with E-state index in [1.807, 2.05) is 0 Å². The molecule has 0 radical (unpaired) electrons. The summed E-state index contributed by atoms with van der Waals surface area (Å²) in [6.45, 7) is 1.47. The van der Waals surface area contributed by atoms with E-state index in [1.165, 1.54) is 13.0 Å². The molecule has 0 aliphatic carbocycles. The topological polar surface area (TPSA) is 17.1 Å². The molecule has 0 aliphatic rings. The van der Waals surface area contributed by atoms with Crippen LogP contribution in [0, 0.1) is 0 Å². The fraction of sp³-hybridized carbons (Fsp3) is 0.417. The Labute approximate surface area is 105 Å². The zero-order valence-corrected chi connectivity index (χ0v) is 9.77. The minimum absolute atomic E-state index is 0.00729. The molecule has 0 heterocycles. The van der Waals surface area contributed by atoms with Crippen molar-refractivity contribution < 1.29 is 31.1 Å². The van der Waals surface area contributed by atoms with Gasteiger partial charge in [-0.05, 0) is 6.07 Å². The zero-order valence-electron chi connectivity index (χ0n) is 9.77. The Morgan fingerprint density at radius 3 is 2.26 bits per heavy atom. The van der Waals surface area contributed by atoms with Crippen LogP contribution in [0.2, 0.25) is 0 Å². The Hall–Kier alpha value is -1.53. The van der Waals surface area contributed by atoms with Gasteiger partial charge in [-0.15, -0.1) is 0 Å². The van der Waals surface area contributed by atoms with Crippen LogP contribution in [0.1, 0.15) is 29.3 Å². The van der Waals surface area contributed by atoms with Crippen LogP contribution in [-0.2, 0) is 5.92 Å². The van der Waals surface area contributed by atoms with Gasteiger partial charge < -0.3 is 0 Å². The van der Waals surface area contributed by atoms with Gasteiger partial charge >= 0.3 is 12.1 Å². The lowest BCUT2D eigenvalue weighted by molar-refractivity contribution is -0.248. The van der Waals surface area contributed by atoms with Crippen LogP contribution in [-0.4, -0.2) is 18.1 Å². The quantitative estimate of drug-likeness (QED) is 0.596. The molecule has 0 bridgehead atoms. The molecule has 1 unspecified atom stereocenters. The van der Waals surface area contributed by atoms with E-state index in [1.54, 1.807) is 0 Å². The highest BCUT2D eigenvalue weighted by molar-refractivity contribution is 5.96. The molecule has 7 heteroatoms. The molecule has 0 fully saturated rings. The lowest BCUT2D eigenvalue weighted by Gasteiger charge is -2.23. The summed E-state index contributed by atoms with van der Waals surface area (Å²) in [5.41, 5.74) is -1.34. The number of carbonyl (C=O) groups excluding carboxylic acids is 1. The van der Waals surface area contributed by atoms with Gasteiger partial charge in [0.15, 0.2) is 5.78 Å². The van der Waals surface area contributed by atoms with E-state index in [0.29, 0.717) is 12.1 Å². The highest BCUT2D eigenvalue weighted by Gasteiger charge is 2.57. The first-order chi connectivity index (χ1) is 8.60. The lowest BCUT2D eigenvalue weighted by Crippen LogP contribution is -2.39. The summed E-state index contributed by atoms with van der Waals surface area (Å²) in [4.78, 5) is 11.3. The molecule has 1 aromatic rings. The molecule has 0 amide bonds. The minimum atomic E-state index is -5.67. The second-order valence-electron chi connectivity index (χ2n) is 3.88. The first-order valence-electron chi connectivity index (χ1n) is 5.33. The van der Waals surface area contributed by atoms with Crippen LogP contribution in [0.5, 0.6) is 0 Å². The van der Waals surface area contributed by atoms with Crippen molar-refractivity contribution in [3.63, 3.8) is 0 Å². The zero-order chi connectivity index (χ0) is 14.8. The van der Waals surface area contributed by atoms with Gasteiger partial charge in [-0.3, -0.25) is 4.79 Å². The molecule has 0 aromatic heterocycles. The van der Waals surface area contributed by atoms with E-state index in [2.05, 4.69) is 0 Å². The normalized spacial score (nSPS) is 14.3. The van der Waals surface area contributed by atoms with E-state index in [0.717, 1.165) is 6.07 Å². The molecular weight excluding hydrogens is 274 g/mol. The molecule has 1 atom stereocenters. The van der Waals surface area contributed by atoms with Crippen LogP contribution in [0.3, 0.4) is 0 Å². The SMILES string of the molecule is CCC(=O)c1cccc(C(F)(F)C(F)C(F)(F)F)c1. The smallest absolute Gasteiger partial charge is 0.294 e. The van der Waals surface area contributed by atoms with Crippen molar-refractivity contribution in [3.05, 3.63) is 35.4 Å². The van der Waals surface area contributed by atoms with Gasteiger partial charge in [-0.1, -0.05) is 25.1 Å². The molecule has 106 valence electrons. The third-order valence-corrected chi connectivity index (χ3v) is 2.50. The molecule has 19 heavy (non-hydrogen) atoms. The molecule has 0 saturated carbocycles. The van der Waals surface area contributed by atoms with E-state index >= 15 is 0 Å². The van der Waals surface area contributed by atoms with Crippen LogP contribution < -0.4 is 0 Å². The highest BCUT2D eigenvalue weighted by atomic mass is 19.4. The van der Waals surface area contributed by atoms with Crippen molar-refractivity contribution in [3.8, 4) is 0 Å². The van der Waals surface area contributed by atoms with Gasteiger partial charge in [0.2, 0.25) is 0 Å². The molecule has 0 spiro atoms. The molecule has 1 nitrogen and oxygen atoms in total. The summed E-state index contributed by atoms with van der Waals surface area (Å²) in [7, 11) is 0. The number of halogens is 6. The van der Waals surface area contributed by atoms with Crippen LogP contribution in [0.25, 0.3) is 0 Å². The molecule has 0 N–H and O–H groups in total. The van der Waals surface area contributed by atoms with E-state index in [9.17, 15) is 31.1 Å². The first-order valence-corrected chi connectivity index (χ1v) is 5.33. The van der Waals surface area contributed by atoms with Gasteiger partial charge in [0, 0.05) is 17.5 Å². The van der Waals surface area contributed by atoms with E-state index < -0.39 is 29.6 Å². The average molecular weight is 284 g/mol. The Balaban J connectivity index is 3.18. The van der Waals surface area contributed by atoms with Gasteiger partial charge in [-0.2, -0.15) is 22.0 Å². The van der Waals surface area contributed by atoms with Crippen LogP contribution in [0.4, 0.5) is 26.3 Å². The Morgan fingerprint density at radius 2 is 1.79 bits per heavy atom. The predicted octanol–water partition coefficient (Wildman–Crippen LogP) is 4.27. The maximum Gasteiger partial charge on any atom is 0.426 e. The van der Waals surface area contributed by atoms with Crippen LogP contribution >= 0.6 is 0 Å². The number of alkyl halides is 6. The Morgan fingerprint density at radius 1 is 1.21 bits per heavy atom. The lowest BCUT2D eigenvalue weighted by atomic mass is 9.99. The summed E-state index contributed by atoms with van der Waals surface area (Å²) in [5.74, 6) is -5.25. The number of rotatable bonds is 4. The van der Waals surface area contributed by atoms with E-state index in [-0.39, 0.29) is 12.0 Å². The number of Topliss-reactive ketones (excluding diaryl/α,β-unsaturated/α-hetero) is 1. The molecule has 1 aromatic carbocycles. The fourth-order valence-electron chi connectivity index (χ4n) is 1.46. The number of hydrogen-bond donors (Lipinski definition) is 0. The second kappa shape index (κ2) is 5.22. The molecule has 0 saturated heterocycles. The largest absolute Gasteiger partial charge is 0.426 e. The number of benzene rings is 1. The minimum Gasteiger partial charge on any atom is -0.294 e. The summed E-state index contributed by atoms with van der Waals surface area (Å²) < 4.78 is 75.7. The van der Waals surface area contributed by atoms with Crippen molar-refractivity contribution in [2.24, 2.45) is 0 Å². The third kappa shape index (κ3) is 3.27. The Kier molecular flexibility index (Phi) is 4.27. The Bertz CT molecular complexity index is 466. The molecule has 1 rings (SSSR count). The maximum absolute atomic E-state index is 13.4. The summed E-state index contributed by atoms with van der Waals surface area (Å²) in [6, 6.07) is 3.43. The standard InChI is InChI=1S/C12H10F6O/c1-2-9(19)7-4-3-5-8(6-7)11(14,15)10(13)12(16,17)18/h3-6,10H,2H2,1H3. The average Bonchev–Trinajstić information content (AvgIpc) is 2.35. The molecular formula is C12H10F6O. The van der Waals surface area contributed by atoms with Crippen LogP contribution in [0.15, 0.2) is 24.3 Å². The second-order valence-corrected chi connectivity index (χ2v) is 3.88. The number of ketones is 1. The van der Waals surface area contributed by atoms with Crippen molar-refractivity contribution in [1.82, 2.24) is 0 Å². The summed E-state index contributed by atoms with van der Waals surface area (Å²) in [5, 5.41) is 0.